The third-order valence-corrected chi connectivity index (χ3v) is 4.37. The number of aromatic amines is 1. The van der Waals surface area contributed by atoms with Crippen molar-refractivity contribution in [3.8, 4) is 11.5 Å². The highest BCUT2D eigenvalue weighted by Gasteiger charge is 2.34. The van der Waals surface area contributed by atoms with Crippen LogP contribution in [0.4, 0.5) is 0 Å². The fourth-order valence-corrected chi connectivity index (χ4v) is 2.98. The summed E-state index contributed by atoms with van der Waals surface area (Å²) in [6, 6.07) is 8.79. The minimum Gasteiger partial charge on any atom is -0.486 e. The van der Waals surface area contributed by atoms with E-state index >= 15 is 0 Å². The van der Waals surface area contributed by atoms with Gasteiger partial charge in [0.15, 0.2) is 11.5 Å². The third-order valence-electron chi connectivity index (χ3n) is 4.37. The molecule has 1 atom stereocenters. The lowest BCUT2D eigenvalue weighted by atomic mass is 10.0. The maximum absolute atomic E-state index is 12.5. The van der Waals surface area contributed by atoms with Gasteiger partial charge >= 0.3 is 0 Å². The number of rotatable bonds is 4. The molecule has 0 radical (unpaired) electrons. The molecule has 2 N–H and O–H groups in total. The Labute approximate surface area is 138 Å². The molecule has 1 aliphatic heterocycles. The molecule has 1 fully saturated rings. The van der Waals surface area contributed by atoms with Crippen LogP contribution in [0.5, 0.6) is 11.5 Å². The maximum Gasteiger partial charge on any atom is 0.260 e. The number of ether oxygens (including phenoxy) is 2. The van der Waals surface area contributed by atoms with Gasteiger partial charge in [0.05, 0.1) is 6.04 Å². The van der Waals surface area contributed by atoms with Gasteiger partial charge in [-0.25, -0.2) is 0 Å². The van der Waals surface area contributed by atoms with E-state index in [0.717, 1.165) is 24.2 Å². The second kappa shape index (κ2) is 6.03. The molecule has 1 amide bonds. The summed E-state index contributed by atoms with van der Waals surface area (Å²) in [4.78, 5) is 26.8. The second-order valence-corrected chi connectivity index (χ2v) is 6.10. The number of pyridine rings is 1. The first kappa shape index (κ1) is 14.8. The molecule has 0 unspecified atom stereocenters. The molecule has 6 heteroatoms. The first-order valence-electron chi connectivity index (χ1n) is 8.10. The van der Waals surface area contributed by atoms with Gasteiger partial charge in [0.25, 0.3) is 11.5 Å². The van der Waals surface area contributed by atoms with E-state index in [4.69, 9.17) is 9.47 Å². The summed E-state index contributed by atoms with van der Waals surface area (Å²) in [7, 11) is 0. The van der Waals surface area contributed by atoms with Gasteiger partial charge in [-0.3, -0.25) is 9.59 Å². The van der Waals surface area contributed by atoms with E-state index in [0.29, 0.717) is 24.9 Å². The van der Waals surface area contributed by atoms with E-state index in [-0.39, 0.29) is 23.1 Å². The van der Waals surface area contributed by atoms with Gasteiger partial charge in [0.2, 0.25) is 0 Å². The van der Waals surface area contributed by atoms with Crippen LogP contribution in [0.3, 0.4) is 0 Å². The molecule has 24 heavy (non-hydrogen) atoms. The van der Waals surface area contributed by atoms with Crippen molar-refractivity contribution in [2.45, 2.75) is 18.9 Å². The lowest BCUT2D eigenvalue weighted by molar-refractivity contribution is 0.0930. The van der Waals surface area contributed by atoms with Crippen molar-refractivity contribution in [2.24, 2.45) is 5.92 Å². The zero-order chi connectivity index (χ0) is 16.5. The molecule has 124 valence electrons. The van der Waals surface area contributed by atoms with E-state index in [1.165, 1.54) is 12.3 Å². The fourth-order valence-electron chi connectivity index (χ4n) is 2.98. The molecule has 6 nitrogen and oxygen atoms in total. The van der Waals surface area contributed by atoms with Gasteiger partial charge < -0.3 is 19.8 Å². The summed E-state index contributed by atoms with van der Waals surface area (Å²) in [5.74, 6) is 1.46. The summed E-state index contributed by atoms with van der Waals surface area (Å²) in [5.41, 5.74) is 0.717. The summed E-state index contributed by atoms with van der Waals surface area (Å²) in [6.07, 6.45) is 3.63. The molecule has 0 spiro atoms. The average Bonchev–Trinajstić information content (AvgIpc) is 3.44. The monoisotopic (exact) mass is 326 g/mol. The van der Waals surface area contributed by atoms with Crippen LogP contribution in [0.1, 0.15) is 34.8 Å². The van der Waals surface area contributed by atoms with Crippen molar-refractivity contribution in [3.63, 3.8) is 0 Å². The number of H-pyrrole nitrogens is 1. The number of benzene rings is 1. The molecule has 2 aliphatic rings. The Kier molecular flexibility index (Phi) is 3.72. The predicted octanol–water partition coefficient (Wildman–Crippen LogP) is 2.03. The van der Waals surface area contributed by atoms with Crippen molar-refractivity contribution in [2.75, 3.05) is 13.2 Å². The van der Waals surface area contributed by atoms with Crippen molar-refractivity contribution >= 4 is 5.91 Å². The average molecular weight is 326 g/mol. The number of hydrogen-bond acceptors (Lipinski definition) is 4. The number of carbonyl (C=O) groups is 1. The van der Waals surface area contributed by atoms with Crippen molar-refractivity contribution in [3.05, 3.63) is 58.0 Å². The Morgan fingerprint density at radius 1 is 1.17 bits per heavy atom. The second-order valence-electron chi connectivity index (χ2n) is 6.10. The van der Waals surface area contributed by atoms with Crippen molar-refractivity contribution < 1.29 is 14.3 Å². The summed E-state index contributed by atoms with van der Waals surface area (Å²) < 4.78 is 11.2. The van der Waals surface area contributed by atoms with E-state index < -0.39 is 0 Å². The van der Waals surface area contributed by atoms with Gasteiger partial charge in [0, 0.05) is 6.20 Å². The van der Waals surface area contributed by atoms with E-state index in [9.17, 15) is 9.59 Å². The van der Waals surface area contributed by atoms with Crippen molar-refractivity contribution in [1.29, 1.82) is 0 Å². The lowest BCUT2D eigenvalue weighted by Gasteiger charge is -2.23. The summed E-state index contributed by atoms with van der Waals surface area (Å²) in [5, 5.41) is 3.00. The van der Waals surface area contributed by atoms with Crippen LogP contribution in [-0.2, 0) is 0 Å². The fraction of sp³-hybridized carbons (Fsp3) is 0.333. The SMILES string of the molecule is O=C(N[C@@H](c1ccc2c(c1)OCCO2)C1CC1)c1ccc[nH]c1=O. The zero-order valence-corrected chi connectivity index (χ0v) is 13.1. The van der Waals surface area contributed by atoms with Crippen LogP contribution < -0.4 is 20.3 Å². The Morgan fingerprint density at radius 2 is 1.96 bits per heavy atom. The molecule has 1 saturated carbocycles. The number of amides is 1. The van der Waals surface area contributed by atoms with Crippen LogP contribution in [0.15, 0.2) is 41.3 Å². The Bertz CT molecular complexity index is 826. The molecule has 4 rings (SSSR count). The van der Waals surface area contributed by atoms with Crippen LogP contribution in [0.2, 0.25) is 0 Å². The van der Waals surface area contributed by atoms with Crippen LogP contribution in [-0.4, -0.2) is 24.1 Å². The molecule has 1 aliphatic carbocycles. The molecule has 2 aromatic rings. The normalized spacial score (nSPS) is 17.2. The molecule has 1 aromatic carbocycles. The third kappa shape index (κ3) is 2.87. The Morgan fingerprint density at radius 3 is 2.71 bits per heavy atom. The number of aromatic nitrogens is 1. The number of hydrogen-bond donors (Lipinski definition) is 2. The molecule has 0 saturated heterocycles. The Hall–Kier alpha value is -2.76. The van der Waals surface area contributed by atoms with Crippen molar-refractivity contribution in [1.82, 2.24) is 10.3 Å². The first-order chi connectivity index (χ1) is 11.7. The van der Waals surface area contributed by atoms with Gasteiger partial charge in [-0.1, -0.05) is 6.07 Å². The number of carbonyl (C=O) groups excluding carboxylic acids is 1. The summed E-state index contributed by atoms with van der Waals surface area (Å²) in [6.45, 7) is 1.07. The van der Waals surface area contributed by atoms with E-state index in [1.807, 2.05) is 18.2 Å². The standard InChI is InChI=1S/C18H18N2O4/c21-17-13(2-1-7-19-17)18(22)20-16(11-3-4-11)12-5-6-14-15(10-12)24-9-8-23-14/h1-2,5-7,10-11,16H,3-4,8-9H2,(H,19,21)(H,20,22)/t16-/m1/s1. The first-order valence-corrected chi connectivity index (χ1v) is 8.10. The van der Waals surface area contributed by atoms with E-state index in [2.05, 4.69) is 10.3 Å². The smallest absolute Gasteiger partial charge is 0.260 e. The minimum absolute atomic E-state index is 0.126. The molecule has 0 bridgehead atoms. The van der Waals surface area contributed by atoms with Gasteiger partial charge in [-0.05, 0) is 48.6 Å². The molecule has 2 heterocycles. The lowest BCUT2D eigenvalue weighted by Crippen LogP contribution is -2.33. The number of nitrogens with one attached hydrogen (secondary N) is 2. The van der Waals surface area contributed by atoms with E-state index in [1.54, 1.807) is 6.07 Å². The van der Waals surface area contributed by atoms with Gasteiger partial charge in [-0.15, -0.1) is 0 Å². The topological polar surface area (TPSA) is 80.4 Å². The minimum atomic E-state index is -0.383. The quantitative estimate of drug-likeness (QED) is 0.901. The zero-order valence-electron chi connectivity index (χ0n) is 13.1. The molecular weight excluding hydrogens is 308 g/mol. The predicted molar refractivity (Wildman–Crippen MR) is 87.4 cm³/mol. The highest BCUT2D eigenvalue weighted by molar-refractivity contribution is 5.94. The van der Waals surface area contributed by atoms with Crippen LogP contribution in [0, 0.1) is 5.92 Å². The maximum atomic E-state index is 12.5. The molecule has 1 aromatic heterocycles. The van der Waals surface area contributed by atoms with Gasteiger partial charge in [-0.2, -0.15) is 0 Å². The van der Waals surface area contributed by atoms with Crippen LogP contribution in [0.25, 0.3) is 0 Å². The largest absolute Gasteiger partial charge is 0.486 e. The summed E-state index contributed by atoms with van der Waals surface area (Å²) >= 11 is 0. The van der Waals surface area contributed by atoms with Gasteiger partial charge in [0.1, 0.15) is 18.8 Å². The Balaban J connectivity index is 1.60. The molecular formula is C18H18N2O4. The number of fused-ring (bicyclic) bond motifs is 1. The van der Waals surface area contributed by atoms with Crippen LogP contribution >= 0.6 is 0 Å². The highest BCUT2D eigenvalue weighted by Crippen LogP contribution is 2.43. The highest BCUT2D eigenvalue weighted by atomic mass is 16.6.